The number of rotatable bonds is 5. The molecule has 2 N–H and O–H groups in total. The molecule has 0 radical (unpaired) electrons. The summed E-state index contributed by atoms with van der Waals surface area (Å²) in [6, 6.07) is 8.78. The largest absolute Gasteiger partial charge is 0.327 e. The quantitative estimate of drug-likeness (QED) is 0.838. The SMILES string of the molecule is NC(CSc1ccc(F)cc1)Cc1ccsc1. The van der Waals surface area contributed by atoms with Crippen molar-refractivity contribution in [3.63, 3.8) is 0 Å². The molecule has 0 bridgehead atoms. The van der Waals surface area contributed by atoms with Gasteiger partial charge in [-0.1, -0.05) is 0 Å². The van der Waals surface area contributed by atoms with Crippen molar-refractivity contribution in [2.24, 2.45) is 5.73 Å². The zero-order chi connectivity index (χ0) is 12.1. The predicted octanol–water partition coefficient (Wildman–Crippen LogP) is 3.55. The van der Waals surface area contributed by atoms with Crippen LogP contribution >= 0.6 is 23.1 Å². The van der Waals surface area contributed by atoms with Gasteiger partial charge in [0.1, 0.15) is 5.82 Å². The Morgan fingerprint density at radius 2 is 2.00 bits per heavy atom. The lowest BCUT2D eigenvalue weighted by Gasteiger charge is -2.10. The zero-order valence-electron chi connectivity index (χ0n) is 9.30. The number of thiophene rings is 1. The number of hydrogen-bond acceptors (Lipinski definition) is 3. The molecule has 1 unspecified atom stereocenters. The Kier molecular flexibility index (Phi) is 4.59. The molecule has 1 heterocycles. The Bertz CT molecular complexity index is 439. The lowest BCUT2D eigenvalue weighted by molar-refractivity contribution is 0.626. The second-order valence-corrected chi connectivity index (χ2v) is 5.73. The highest BCUT2D eigenvalue weighted by atomic mass is 32.2. The van der Waals surface area contributed by atoms with Crippen molar-refractivity contribution in [1.82, 2.24) is 0 Å². The standard InChI is InChI=1S/C13H14FNS2/c14-11-1-3-13(4-2-11)17-9-12(15)7-10-5-6-16-8-10/h1-6,8,12H,7,9,15H2. The highest BCUT2D eigenvalue weighted by Crippen LogP contribution is 2.19. The first-order chi connectivity index (χ1) is 8.24. The van der Waals surface area contributed by atoms with Crippen LogP contribution in [0.3, 0.4) is 0 Å². The van der Waals surface area contributed by atoms with Gasteiger partial charge in [-0.05, 0) is 53.1 Å². The smallest absolute Gasteiger partial charge is 0.123 e. The second-order valence-electron chi connectivity index (χ2n) is 3.86. The van der Waals surface area contributed by atoms with Gasteiger partial charge in [-0.25, -0.2) is 4.39 Å². The molecule has 2 aromatic rings. The molecule has 2 rings (SSSR count). The molecule has 0 fully saturated rings. The summed E-state index contributed by atoms with van der Waals surface area (Å²) in [6.45, 7) is 0. The highest BCUT2D eigenvalue weighted by Gasteiger charge is 2.05. The van der Waals surface area contributed by atoms with E-state index in [1.54, 1.807) is 35.2 Å². The van der Waals surface area contributed by atoms with Crippen LogP contribution in [0.25, 0.3) is 0 Å². The summed E-state index contributed by atoms with van der Waals surface area (Å²) in [5.41, 5.74) is 7.35. The van der Waals surface area contributed by atoms with Crippen LogP contribution in [0.15, 0.2) is 46.0 Å². The summed E-state index contributed by atoms with van der Waals surface area (Å²) < 4.78 is 12.7. The van der Waals surface area contributed by atoms with Crippen LogP contribution in [0.4, 0.5) is 4.39 Å². The summed E-state index contributed by atoms with van der Waals surface area (Å²) >= 11 is 3.36. The third kappa shape index (κ3) is 4.15. The molecule has 0 amide bonds. The van der Waals surface area contributed by atoms with Gasteiger partial charge in [0.2, 0.25) is 0 Å². The molecule has 1 aromatic carbocycles. The Hall–Kier alpha value is -0.840. The number of benzene rings is 1. The van der Waals surface area contributed by atoms with Gasteiger partial charge in [-0.15, -0.1) is 11.8 Å². The van der Waals surface area contributed by atoms with Crippen LogP contribution in [0.1, 0.15) is 5.56 Å². The Balaban J connectivity index is 1.79. The monoisotopic (exact) mass is 267 g/mol. The van der Waals surface area contributed by atoms with Gasteiger partial charge in [0, 0.05) is 16.7 Å². The summed E-state index contributed by atoms with van der Waals surface area (Å²) in [4.78, 5) is 1.06. The van der Waals surface area contributed by atoms with E-state index in [9.17, 15) is 4.39 Å². The fourth-order valence-electron chi connectivity index (χ4n) is 1.50. The van der Waals surface area contributed by atoms with Crippen LogP contribution < -0.4 is 5.73 Å². The first-order valence-corrected chi connectivity index (χ1v) is 7.32. The highest BCUT2D eigenvalue weighted by molar-refractivity contribution is 7.99. The van der Waals surface area contributed by atoms with Crippen molar-refractivity contribution in [1.29, 1.82) is 0 Å². The van der Waals surface area contributed by atoms with Crippen molar-refractivity contribution >= 4 is 23.1 Å². The maximum absolute atomic E-state index is 12.7. The van der Waals surface area contributed by atoms with Crippen LogP contribution in [-0.4, -0.2) is 11.8 Å². The lowest BCUT2D eigenvalue weighted by atomic mass is 10.1. The topological polar surface area (TPSA) is 26.0 Å². The van der Waals surface area contributed by atoms with E-state index in [0.717, 1.165) is 17.1 Å². The van der Waals surface area contributed by atoms with E-state index in [0.29, 0.717) is 0 Å². The van der Waals surface area contributed by atoms with E-state index in [1.165, 1.54) is 17.7 Å². The number of hydrogen-bond donors (Lipinski definition) is 1. The van der Waals surface area contributed by atoms with E-state index >= 15 is 0 Å². The number of thioether (sulfide) groups is 1. The van der Waals surface area contributed by atoms with Gasteiger partial charge in [-0.2, -0.15) is 11.3 Å². The first kappa shape index (κ1) is 12.6. The van der Waals surface area contributed by atoms with Gasteiger partial charge in [0.05, 0.1) is 0 Å². The second kappa shape index (κ2) is 6.19. The van der Waals surface area contributed by atoms with Gasteiger partial charge in [-0.3, -0.25) is 0 Å². The average molecular weight is 267 g/mol. The van der Waals surface area contributed by atoms with Gasteiger partial charge < -0.3 is 5.73 Å². The van der Waals surface area contributed by atoms with Crippen LogP contribution in [0.5, 0.6) is 0 Å². The van der Waals surface area contributed by atoms with E-state index in [4.69, 9.17) is 5.73 Å². The lowest BCUT2D eigenvalue weighted by Crippen LogP contribution is -2.25. The Morgan fingerprint density at radius 1 is 1.24 bits per heavy atom. The molecule has 0 saturated heterocycles. The summed E-state index contributed by atoms with van der Waals surface area (Å²) in [6.07, 6.45) is 0.900. The fraction of sp³-hybridized carbons (Fsp3) is 0.231. The number of halogens is 1. The molecule has 4 heteroatoms. The Morgan fingerprint density at radius 3 is 2.65 bits per heavy atom. The van der Waals surface area contributed by atoms with Crippen LogP contribution in [0, 0.1) is 5.82 Å². The first-order valence-electron chi connectivity index (χ1n) is 5.39. The number of nitrogens with two attached hydrogens (primary N) is 1. The molecule has 0 aliphatic carbocycles. The Labute approximate surface area is 109 Å². The van der Waals surface area contributed by atoms with E-state index in [2.05, 4.69) is 16.8 Å². The zero-order valence-corrected chi connectivity index (χ0v) is 10.9. The van der Waals surface area contributed by atoms with Gasteiger partial charge >= 0.3 is 0 Å². The van der Waals surface area contributed by atoms with E-state index in [1.807, 2.05) is 0 Å². The third-order valence-corrected chi connectivity index (χ3v) is 4.29. The minimum absolute atomic E-state index is 0.139. The van der Waals surface area contributed by atoms with Crippen LogP contribution in [-0.2, 0) is 6.42 Å². The molecular weight excluding hydrogens is 253 g/mol. The summed E-state index contributed by atoms with van der Waals surface area (Å²) in [5.74, 6) is 0.651. The molecule has 90 valence electrons. The van der Waals surface area contributed by atoms with Crippen molar-refractivity contribution in [3.05, 3.63) is 52.5 Å². The molecule has 1 atom stereocenters. The molecule has 1 aromatic heterocycles. The summed E-state index contributed by atoms with van der Waals surface area (Å²) in [7, 11) is 0. The fourth-order valence-corrected chi connectivity index (χ4v) is 3.04. The van der Waals surface area contributed by atoms with Gasteiger partial charge in [0.15, 0.2) is 0 Å². The molecule has 0 aliphatic heterocycles. The maximum Gasteiger partial charge on any atom is 0.123 e. The summed E-state index contributed by atoms with van der Waals surface area (Å²) in [5, 5.41) is 4.19. The molecule has 17 heavy (non-hydrogen) atoms. The minimum atomic E-state index is -0.197. The van der Waals surface area contributed by atoms with Gasteiger partial charge in [0.25, 0.3) is 0 Å². The molecule has 1 nitrogen and oxygen atoms in total. The third-order valence-electron chi connectivity index (χ3n) is 2.36. The van der Waals surface area contributed by atoms with Crippen molar-refractivity contribution in [3.8, 4) is 0 Å². The van der Waals surface area contributed by atoms with Crippen molar-refractivity contribution in [2.45, 2.75) is 17.4 Å². The van der Waals surface area contributed by atoms with Crippen molar-refractivity contribution in [2.75, 3.05) is 5.75 Å². The molecule has 0 spiro atoms. The molecule has 0 saturated carbocycles. The minimum Gasteiger partial charge on any atom is -0.327 e. The van der Waals surface area contributed by atoms with Crippen molar-refractivity contribution < 1.29 is 4.39 Å². The van der Waals surface area contributed by atoms with E-state index < -0.39 is 0 Å². The normalized spacial score (nSPS) is 12.6. The predicted molar refractivity (Wildman–Crippen MR) is 73.1 cm³/mol. The molecular formula is C13H14FNS2. The maximum atomic E-state index is 12.7. The average Bonchev–Trinajstić information content (AvgIpc) is 2.81. The molecule has 0 aliphatic rings. The van der Waals surface area contributed by atoms with E-state index in [-0.39, 0.29) is 11.9 Å². The van der Waals surface area contributed by atoms with Crippen LogP contribution in [0.2, 0.25) is 0 Å².